The number of aromatic nitrogens is 2. The molecule has 0 aliphatic carbocycles. The summed E-state index contributed by atoms with van der Waals surface area (Å²) in [6.45, 7) is 2.65. The number of aryl methyl sites for hydroxylation is 2. The summed E-state index contributed by atoms with van der Waals surface area (Å²) in [5, 5.41) is 26.1. The molecule has 1 saturated heterocycles. The zero-order valence-electron chi connectivity index (χ0n) is 37.7. The van der Waals surface area contributed by atoms with Crippen LogP contribution in [-0.4, -0.2) is 103 Å². The number of hydrogen-bond acceptors (Lipinski definition) is 15. The molecule has 0 radical (unpaired) electrons. The number of hydrogen-bond donors (Lipinski definition) is 8. The Morgan fingerprint density at radius 1 is 0.915 bits per heavy atom. The van der Waals surface area contributed by atoms with E-state index in [1.807, 2.05) is 0 Å². The lowest BCUT2D eigenvalue weighted by molar-refractivity contribution is -0.0449. The average molecular weight is 1040 g/mol. The molecule has 10 rings (SSSR count). The second-order valence-electron chi connectivity index (χ2n) is 17.9. The van der Waals surface area contributed by atoms with Gasteiger partial charge in [-0.2, -0.15) is 13.6 Å². The molecule has 0 saturated carbocycles. The molecule has 6 aliphatic heterocycles. The number of aliphatic hydroxyl groups is 1. The van der Waals surface area contributed by atoms with E-state index in [0.717, 1.165) is 116 Å². The molecule has 4 aromatic rings. The highest BCUT2D eigenvalue weighted by atomic mass is 31.3. The van der Waals surface area contributed by atoms with Gasteiger partial charge < -0.3 is 55.2 Å². The van der Waals surface area contributed by atoms with Crippen molar-refractivity contribution in [3.05, 3.63) is 108 Å². The first-order valence-electron chi connectivity index (χ1n) is 22.8. The third-order valence-corrected chi connectivity index (χ3v) is 17.1. The molecule has 26 heteroatoms. The van der Waals surface area contributed by atoms with E-state index in [4.69, 9.17) is 25.0 Å². The second kappa shape index (κ2) is 18.8. The number of aromatic carboxylic acids is 1. The fourth-order valence-corrected chi connectivity index (χ4v) is 13.6. The van der Waals surface area contributed by atoms with Crippen LogP contribution in [0.15, 0.2) is 41.3 Å². The monoisotopic (exact) mass is 1040 g/mol. The molecule has 2 unspecified atom stereocenters. The normalized spacial score (nSPS) is 21.5. The van der Waals surface area contributed by atoms with Crippen molar-refractivity contribution in [2.75, 3.05) is 50.0 Å². The number of aliphatic hydroxyl groups excluding tert-OH is 1. The molecule has 1 aromatic heterocycles. The van der Waals surface area contributed by atoms with E-state index < -0.39 is 66.1 Å². The van der Waals surface area contributed by atoms with Crippen molar-refractivity contribution in [2.45, 2.75) is 76.2 Å². The number of rotatable bonds is 12. The first kappa shape index (κ1) is 49.0. The minimum absolute atomic E-state index is 0.0173. The maximum Gasteiger partial charge on any atom is 0.490 e. The number of benzene rings is 3. The number of carbonyl (C=O) groups is 2. The maximum atomic E-state index is 14.0. The number of phosphoric acid groups is 3. The van der Waals surface area contributed by atoms with Crippen molar-refractivity contribution in [3.8, 4) is 23.3 Å². The van der Waals surface area contributed by atoms with Gasteiger partial charge in [-0.05, 0) is 80.0 Å². The number of nitrogens with zero attached hydrogens (tertiary/aromatic N) is 4. The van der Waals surface area contributed by atoms with Gasteiger partial charge in [-0.3, -0.25) is 13.9 Å². The van der Waals surface area contributed by atoms with Gasteiger partial charge in [0.25, 0.3) is 5.91 Å². The van der Waals surface area contributed by atoms with E-state index in [0.29, 0.717) is 11.1 Å². The number of fused-ring (bicyclic) bond motifs is 4. The van der Waals surface area contributed by atoms with Crippen molar-refractivity contribution in [2.24, 2.45) is 0 Å². The van der Waals surface area contributed by atoms with Crippen LogP contribution in [0.3, 0.4) is 0 Å². The van der Waals surface area contributed by atoms with Crippen LogP contribution in [0.1, 0.15) is 98.0 Å². The lowest BCUT2D eigenvalue weighted by Crippen LogP contribution is -2.45. The van der Waals surface area contributed by atoms with Crippen LogP contribution < -0.4 is 41.5 Å². The fraction of sp³-hybridized carbons (Fsp3) is 0.400. The largest absolute Gasteiger partial charge is 0.490 e. The summed E-state index contributed by atoms with van der Waals surface area (Å²) in [6, 6.07) is 8.83. The Morgan fingerprint density at radius 3 is 2.41 bits per heavy atom. The summed E-state index contributed by atoms with van der Waals surface area (Å²) in [5.74, 6) is 5.03. The lowest BCUT2D eigenvalue weighted by Gasteiger charge is -2.39. The third-order valence-electron chi connectivity index (χ3n) is 13.3. The fourth-order valence-electron chi connectivity index (χ4n) is 10.5. The summed E-state index contributed by atoms with van der Waals surface area (Å²) in [7, 11) is -17.0. The van der Waals surface area contributed by atoms with E-state index in [1.165, 1.54) is 40.5 Å². The van der Waals surface area contributed by atoms with Gasteiger partial charge in [0.2, 0.25) is 5.36 Å². The van der Waals surface area contributed by atoms with Crippen molar-refractivity contribution in [3.63, 3.8) is 0 Å². The molecule has 1 amide bonds. The number of nitrogens with two attached hydrogens (primary N) is 1. The molecule has 23 nitrogen and oxygen atoms in total. The smallest absolute Gasteiger partial charge is 0.478 e. The van der Waals surface area contributed by atoms with E-state index in [2.05, 4.69) is 56.9 Å². The van der Waals surface area contributed by atoms with Crippen LogP contribution in [0.25, 0.3) is 5.57 Å². The molecule has 3 aromatic carbocycles. The molecule has 71 heavy (non-hydrogen) atoms. The molecule has 1 fully saturated rings. The van der Waals surface area contributed by atoms with Gasteiger partial charge >= 0.3 is 35.1 Å². The summed E-state index contributed by atoms with van der Waals surface area (Å²) in [5.41, 5.74) is 13.1. The average Bonchev–Trinajstić information content (AvgIpc) is 3.68. The number of ether oxygens (including phenoxy) is 2. The molecular weight excluding hydrogens is 989 g/mol. The van der Waals surface area contributed by atoms with Gasteiger partial charge in [0.05, 0.1) is 35.9 Å². The Morgan fingerprint density at radius 2 is 1.65 bits per heavy atom. The van der Waals surface area contributed by atoms with Gasteiger partial charge in [0.15, 0.2) is 0 Å². The van der Waals surface area contributed by atoms with Gasteiger partial charge in [-0.15, -0.1) is 0 Å². The predicted molar refractivity (Wildman–Crippen MR) is 250 cm³/mol. The number of carboxylic acid groups (broad SMARTS) is 1. The van der Waals surface area contributed by atoms with E-state index in [-0.39, 0.29) is 35.5 Å². The highest BCUT2D eigenvalue weighted by Gasteiger charge is 2.43. The van der Waals surface area contributed by atoms with Gasteiger partial charge in [0, 0.05) is 77.3 Å². The molecule has 0 bridgehead atoms. The number of carboxylic acids is 1. The minimum atomic E-state index is -5.80. The summed E-state index contributed by atoms with van der Waals surface area (Å²) < 4.78 is 62.9. The Hall–Kier alpha value is -5.56. The second-order valence-corrected chi connectivity index (χ2v) is 22.4. The molecule has 5 atom stereocenters. The van der Waals surface area contributed by atoms with Crippen LogP contribution in [0.5, 0.6) is 11.5 Å². The standard InChI is InChI=1S/C45H47N6O17P3/c46-42-27(22-51(45(56)48-42)36-21-34(52)35(65-36)23-64-70(60,61)68-71(62,63)67-69(57,58)59)6-1-13-47-43(53)26-11-12-28(44(54)55)31(20-26)37-32-18-24-7-2-14-49-16-4-9-29(38(24)49)40(32)66-41-30-10-5-17-50-15-3-8-25(39(30)50)19-33(37)41/h11-12,18-20,22,34-36,52H,2-5,7-10,13-17,21,23H2,(H7-,46,47,48,53,54,55,56,57,58,59,60,61,62,63)/p+1/t34-,35+,36+/m0/s1. The van der Waals surface area contributed by atoms with E-state index in [1.54, 1.807) is 6.07 Å². The molecule has 6 aliphatic rings. The zero-order valence-corrected chi connectivity index (χ0v) is 40.4. The summed E-state index contributed by atoms with van der Waals surface area (Å²) in [6.07, 6.45) is 4.04. The summed E-state index contributed by atoms with van der Waals surface area (Å²) >= 11 is 0. The first-order valence-corrected chi connectivity index (χ1v) is 27.3. The van der Waals surface area contributed by atoms with Gasteiger partial charge in [0.1, 0.15) is 42.7 Å². The van der Waals surface area contributed by atoms with Gasteiger partial charge in [-0.1, -0.05) is 11.8 Å². The third kappa shape index (κ3) is 9.76. The first-order chi connectivity index (χ1) is 33.7. The Balaban J connectivity index is 0.920. The van der Waals surface area contributed by atoms with Crippen molar-refractivity contribution in [1.29, 1.82) is 0 Å². The number of anilines is 2. The van der Waals surface area contributed by atoms with Crippen LogP contribution in [0.4, 0.5) is 11.5 Å². The molecule has 0 spiro atoms. The molecular formula is C45H48N6O17P3+. The zero-order chi connectivity index (χ0) is 50.1. The Labute approximate surface area is 403 Å². The molecule has 7 heterocycles. The Kier molecular flexibility index (Phi) is 13.0. The van der Waals surface area contributed by atoms with Crippen LogP contribution in [0, 0.1) is 11.8 Å². The van der Waals surface area contributed by atoms with E-state index in [9.17, 15) is 48.1 Å². The van der Waals surface area contributed by atoms with E-state index >= 15 is 0 Å². The lowest BCUT2D eigenvalue weighted by atomic mass is 9.81. The number of carbonyl (C=O) groups excluding carboxylic acids is 1. The highest BCUT2D eigenvalue weighted by Crippen LogP contribution is 2.66. The SMILES string of the molecule is Nc1nc(=O)n([C@H]2C[C@H](O)[C@@H](COP(=O)(O)OP(=O)(O)OP(=O)(O)O)O2)cc1C#CCNC(=O)c1ccc(C(=O)O)c(C2=c3cc4c5c(c3Oc3c2cc2c6c3CCCN6CCC2)CCC[N+]=5CCC4)c1. The van der Waals surface area contributed by atoms with Crippen LogP contribution >= 0.6 is 23.5 Å². The van der Waals surface area contributed by atoms with Crippen LogP contribution in [0.2, 0.25) is 0 Å². The number of nitrogens with one attached hydrogen (secondary N) is 1. The quantitative estimate of drug-likeness (QED) is 0.0501. The van der Waals surface area contributed by atoms with Gasteiger partial charge in [-0.25, -0.2) is 27.9 Å². The number of amides is 1. The Bertz CT molecular complexity index is 3360. The maximum absolute atomic E-state index is 14.0. The molecule has 374 valence electrons. The summed E-state index contributed by atoms with van der Waals surface area (Å²) in [4.78, 5) is 82.9. The predicted octanol–water partition coefficient (Wildman–Crippen LogP) is 1.73. The topological polar surface area (TPSA) is 332 Å². The highest BCUT2D eigenvalue weighted by molar-refractivity contribution is 7.66. The number of nitrogen functional groups attached to an aromatic ring is 1. The van der Waals surface area contributed by atoms with Crippen molar-refractivity contribution in [1.82, 2.24) is 19.4 Å². The van der Waals surface area contributed by atoms with Crippen LogP contribution in [-0.2, 0) is 57.3 Å². The molecule has 9 N–H and O–H groups in total. The van der Waals surface area contributed by atoms with Crippen molar-refractivity contribution < 1.29 is 75.7 Å². The number of phosphoric ester groups is 1. The minimum Gasteiger partial charge on any atom is -0.478 e. The van der Waals surface area contributed by atoms with Crippen molar-refractivity contribution >= 4 is 52.4 Å².